The molecule has 1 aromatic carbocycles. The molecule has 0 bridgehead atoms. The third-order valence-electron chi connectivity index (χ3n) is 3.73. The zero-order chi connectivity index (χ0) is 18.3. The summed E-state index contributed by atoms with van der Waals surface area (Å²) in [5.41, 5.74) is 2.62. The summed E-state index contributed by atoms with van der Waals surface area (Å²) in [6, 6.07) is 9.84. The number of rotatable bonds is 7. The van der Waals surface area contributed by atoms with Crippen molar-refractivity contribution in [2.45, 2.75) is 32.6 Å². The maximum absolute atomic E-state index is 12.1. The van der Waals surface area contributed by atoms with E-state index in [1.54, 1.807) is 13.2 Å². The van der Waals surface area contributed by atoms with Crippen LogP contribution in [0, 0.1) is 0 Å². The Morgan fingerprint density at radius 2 is 1.88 bits per heavy atom. The minimum absolute atomic E-state index is 0.113. The maximum atomic E-state index is 12.1. The Morgan fingerprint density at radius 3 is 2.52 bits per heavy atom. The van der Waals surface area contributed by atoms with Gasteiger partial charge >= 0.3 is 0 Å². The molecule has 2 aromatic rings. The number of methoxy groups -OCH3 is 1. The summed E-state index contributed by atoms with van der Waals surface area (Å²) in [6.45, 7) is 7.70. The van der Waals surface area contributed by atoms with Gasteiger partial charge in [-0.3, -0.25) is 4.79 Å². The molecular formula is C19H26N4O2. The summed E-state index contributed by atoms with van der Waals surface area (Å²) in [5, 5.41) is 6.02. The Labute approximate surface area is 149 Å². The highest BCUT2D eigenvalue weighted by Gasteiger charge is 2.13. The van der Waals surface area contributed by atoms with Gasteiger partial charge in [-0.2, -0.15) is 0 Å². The lowest BCUT2D eigenvalue weighted by Crippen LogP contribution is -2.26. The van der Waals surface area contributed by atoms with Crippen molar-refractivity contribution in [2.75, 3.05) is 25.6 Å². The van der Waals surface area contributed by atoms with Gasteiger partial charge in [-0.15, -0.1) is 0 Å². The Kier molecular flexibility index (Phi) is 6.47. The van der Waals surface area contributed by atoms with Gasteiger partial charge in [0.25, 0.3) is 5.91 Å². The standard InChI is InChI=1S/C19H26N4O2/c1-19(2,3)14-6-8-15(9-7-14)23-17-12-16(21-13-22-17)18(24)20-10-5-11-25-4/h6-9,12-13H,5,10-11H2,1-4H3,(H,20,24)(H,21,22,23). The number of hydrogen-bond acceptors (Lipinski definition) is 5. The summed E-state index contributed by atoms with van der Waals surface area (Å²) in [6.07, 6.45) is 2.15. The van der Waals surface area contributed by atoms with Crippen molar-refractivity contribution in [3.8, 4) is 0 Å². The van der Waals surface area contributed by atoms with Crippen LogP contribution < -0.4 is 10.6 Å². The molecule has 25 heavy (non-hydrogen) atoms. The number of benzene rings is 1. The molecule has 0 aliphatic heterocycles. The SMILES string of the molecule is COCCCNC(=O)c1cc(Nc2ccc(C(C)(C)C)cc2)ncn1. The van der Waals surface area contributed by atoms with E-state index in [1.807, 2.05) is 12.1 Å². The van der Waals surface area contributed by atoms with Crippen LogP contribution in [0.5, 0.6) is 0 Å². The predicted molar refractivity (Wildman–Crippen MR) is 99.3 cm³/mol. The number of carbonyl (C=O) groups excluding carboxylic acids is 1. The van der Waals surface area contributed by atoms with E-state index in [0.29, 0.717) is 24.7 Å². The monoisotopic (exact) mass is 342 g/mol. The van der Waals surface area contributed by atoms with Crippen LogP contribution in [-0.4, -0.2) is 36.1 Å². The number of anilines is 2. The fourth-order valence-corrected chi connectivity index (χ4v) is 2.26. The highest BCUT2D eigenvalue weighted by Crippen LogP contribution is 2.24. The Bertz CT molecular complexity index is 693. The molecule has 6 nitrogen and oxygen atoms in total. The van der Waals surface area contributed by atoms with Gasteiger partial charge in [0, 0.05) is 32.0 Å². The Morgan fingerprint density at radius 1 is 1.16 bits per heavy atom. The molecular weight excluding hydrogens is 316 g/mol. The van der Waals surface area contributed by atoms with Crippen LogP contribution >= 0.6 is 0 Å². The predicted octanol–water partition coefficient (Wildman–Crippen LogP) is 3.28. The summed E-state index contributed by atoms with van der Waals surface area (Å²) >= 11 is 0. The van der Waals surface area contributed by atoms with Crippen LogP contribution in [0.2, 0.25) is 0 Å². The van der Waals surface area contributed by atoms with E-state index in [9.17, 15) is 4.79 Å². The largest absolute Gasteiger partial charge is 0.385 e. The van der Waals surface area contributed by atoms with E-state index in [4.69, 9.17) is 4.74 Å². The average molecular weight is 342 g/mol. The maximum Gasteiger partial charge on any atom is 0.270 e. The minimum atomic E-state index is -0.218. The molecule has 0 spiro atoms. The molecule has 6 heteroatoms. The van der Waals surface area contributed by atoms with Gasteiger partial charge in [0.15, 0.2) is 0 Å². The average Bonchev–Trinajstić information content (AvgIpc) is 2.58. The van der Waals surface area contributed by atoms with Crippen molar-refractivity contribution in [1.29, 1.82) is 0 Å². The molecule has 0 atom stereocenters. The van der Waals surface area contributed by atoms with Crippen LogP contribution in [0.4, 0.5) is 11.5 Å². The second-order valence-corrected chi connectivity index (χ2v) is 6.84. The van der Waals surface area contributed by atoms with Crippen LogP contribution in [0.25, 0.3) is 0 Å². The first kappa shape index (κ1) is 18.9. The number of aromatic nitrogens is 2. The second kappa shape index (κ2) is 8.58. The molecule has 0 aliphatic rings. The van der Waals surface area contributed by atoms with E-state index >= 15 is 0 Å². The van der Waals surface area contributed by atoms with Crippen LogP contribution in [-0.2, 0) is 10.2 Å². The van der Waals surface area contributed by atoms with E-state index in [1.165, 1.54) is 11.9 Å². The highest BCUT2D eigenvalue weighted by molar-refractivity contribution is 5.92. The highest BCUT2D eigenvalue weighted by atomic mass is 16.5. The molecule has 134 valence electrons. The number of carbonyl (C=O) groups is 1. The van der Waals surface area contributed by atoms with Gasteiger partial charge in [0.1, 0.15) is 17.8 Å². The zero-order valence-electron chi connectivity index (χ0n) is 15.3. The van der Waals surface area contributed by atoms with Gasteiger partial charge in [-0.25, -0.2) is 9.97 Å². The Balaban J connectivity index is 2.00. The Hall–Kier alpha value is -2.47. The molecule has 2 N–H and O–H groups in total. The molecule has 0 saturated heterocycles. The van der Waals surface area contributed by atoms with Crippen molar-refractivity contribution in [3.63, 3.8) is 0 Å². The molecule has 1 amide bonds. The third-order valence-corrected chi connectivity index (χ3v) is 3.73. The molecule has 0 unspecified atom stereocenters. The number of hydrogen-bond donors (Lipinski definition) is 2. The first-order valence-electron chi connectivity index (χ1n) is 8.37. The molecule has 1 heterocycles. The van der Waals surface area contributed by atoms with E-state index in [-0.39, 0.29) is 11.3 Å². The number of nitrogens with zero attached hydrogens (tertiary/aromatic N) is 2. The van der Waals surface area contributed by atoms with Crippen LogP contribution in [0.1, 0.15) is 43.2 Å². The van der Waals surface area contributed by atoms with E-state index in [2.05, 4.69) is 53.5 Å². The van der Waals surface area contributed by atoms with Crippen LogP contribution in [0.15, 0.2) is 36.7 Å². The van der Waals surface area contributed by atoms with Crippen molar-refractivity contribution in [2.24, 2.45) is 0 Å². The first-order valence-corrected chi connectivity index (χ1v) is 8.37. The lowest BCUT2D eigenvalue weighted by Gasteiger charge is -2.19. The lowest BCUT2D eigenvalue weighted by atomic mass is 9.87. The summed E-state index contributed by atoms with van der Waals surface area (Å²) in [7, 11) is 1.64. The second-order valence-electron chi connectivity index (χ2n) is 6.84. The smallest absolute Gasteiger partial charge is 0.270 e. The van der Waals surface area contributed by atoms with Crippen LogP contribution in [0.3, 0.4) is 0 Å². The van der Waals surface area contributed by atoms with Gasteiger partial charge in [0.2, 0.25) is 0 Å². The molecule has 0 radical (unpaired) electrons. The van der Waals surface area contributed by atoms with Crippen molar-refractivity contribution in [3.05, 3.63) is 47.9 Å². The van der Waals surface area contributed by atoms with Gasteiger partial charge in [0.05, 0.1) is 0 Å². The third kappa shape index (κ3) is 5.83. The molecule has 0 saturated carbocycles. The molecule has 0 aliphatic carbocycles. The molecule has 0 fully saturated rings. The van der Waals surface area contributed by atoms with Gasteiger partial charge in [-0.05, 0) is 29.5 Å². The normalized spacial score (nSPS) is 11.2. The van der Waals surface area contributed by atoms with E-state index in [0.717, 1.165) is 12.1 Å². The summed E-state index contributed by atoms with van der Waals surface area (Å²) in [5.74, 6) is 0.366. The minimum Gasteiger partial charge on any atom is -0.385 e. The van der Waals surface area contributed by atoms with Crippen molar-refractivity contribution >= 4 is 17.4 Å². The quantitative estimate of drug-likeness (QED) is 0.755. The zero-order valence-corrected chi connectivity index (χ0v) is 15.3. The van der Waals surface area contributed by atoms with Gasteiger partial charge in [-0.1, -0.05) is 32.9 Å². The first-order chi connectivity index (χ1) is 11.9. The van der Waals surface area contributed by atoms with Gasteiger partial charge < -0.3 is 15.4 Å². The summed E-state index contributed by atoms with van der Waals surface area (Å²) in [4.78, 5) is 20.3. The number of nitrogens with one attached hydrogen (secondary N) is 2. The van der Waals surface area contributed by atoms with Crippen molar-refractivity contribution in [1.82, 2.24) is 15.3 Å². The lowest BCUT2D eigenvalue weighted by molar-refractivity contribution is 0.0943. The molecule has 2 rings (SSSR count). The number of amides is 1. The van der Waals surface area contributed by atoms with E-state index < -0.39 is 0 Å². The fraction of sp³-hybridized carbons (Fsp3) is 0.421. The topological polar surface area (TPSA) is 76.1 Å². The summed E-state index contributed by atoms with van der Waals surface area (Å²) < 4.78 is 4.96. The van der Waals surface area contributed by atoms with Crippen molar-refractivity contribution < 1.29 is 9.53 Å². The number of ether oxygens (including phenoxy) is 1. The fourth-order valence-electron chi connectivity index (χ4n) is 2.26. The molecule has 1 aromatic heterocycles.